The minimum Gasteiger partial charge on any atom is -0.311 e. The first-order chi connectivity index (χ1) is 30.7. The van der Waals surface area contributed by atoms with Gasteiger partial charge >= 0.3 is 0 Å². The lowest BCUT2D eigenvalue weighted by Crippen LogP contribution is -2.09. The molecule has 11 aromatic rings. The molecule has 0 saturated heterocycles. The smallest absolute Gasteiger partial charge is 0.0541 e. The quantitative estimate of drug-likeness (QED) is 0.141. The highest BCUT2D eigenvalue weighted by atomic mass is 15.1. The van der Waals surface area contributed by atoms with E-state index in [4.69, 9.17) is 0 Å². The zero-order valence-electron chi connectivity index (χ0n) is 34.1. The van der Waals surface area contributed by atoms with Crippen LogP contribution < -0.4 is 4.90 Å². The lowest BCUT2D eigenvalue weighted by atomic mass is 9.98. The van der Waals surface area contributed by atoms with Gasteiger partial charge in [0.15, 0.2) is 0 Å². The fourth-order valence-corrected chi connectivity index (χ4v) is 8.91. The molecule has 2 heteroatoms. The van der Waals surface area contributed by atoms with E-state index < -0.39 is 0 Å². The molecular weight excluding hydrogens is 749 g/mol. The van der Waals surface area contributed by atoms with E-state index in [0.717, 1.165) is 17.1 Å². The number of hydrogen-bond acceptors (Lipinski definition) is 1. The average Bonchev–Trinajstić information content (AvgIpc) is 3.69. The van der Waals surface area contributed by atoms with Crippen LogP contribution in [-0.2, 0) is 0 Å². The van der Waals surface area contributed by atoms with Crippen molar-refractivity contribution in [3.8, 4) is 61.3 Å². The molecule has 11 rings (SSSR count). The van der Waals surface area contributed by atoms with E-state index in [2.05, 4.69) is 264 Å². The third-order valence-corrected chi connectivity index (χ3v) is 12.0. The first-order valence-electron chi connectivity index (χ1n) is 21.3. The van der Waals surface area contributed by atoms with Crippen molar-refractivity contribution in [2.75, 3.05) is 4.90 Å². The molecule has 62 heavy (non-hydrogen) atoms. The molecule has 0 bridgehead atoms. The van der Waals surface area contributed by atoms with Crippen LogP contribution in [0, 0.1) is 0 Å². The molecule has 2 nitrogen and oxygen atoms in total. The molecule has 0 N–H and O–H groups in total. The van der Waals surface area contributed by atoms with Crippen molar-refractivity contribution in [1.82, 2.24) is 4.57 Å². The van der Waals surface area contributed by atoms with E-state index in [9.17, 15) is 0 Å². The van der Waals surface area contributed by atoms with E-state index in [1.165, 1.54) is 83.1 Å². The second-order valence-electron chi connectivity index (χ2n) is 15.8. The second-order valence-corrected chi connectivity index (χ2v) is 15.8. The van der Waals surface area contributed by atoms with Crippen LogP contribution in [0.2, 0.25) is 0 Å². The van der Waals surface area contributed by atoms with E-state index in [1.807, 2.05) is 0 Å². The van der Waals surface area contributed by atoms with Crippen molar-refractivity contribution < 1.29 is 0 Å². The molecule has 0 unspecified atom stereocenters. The maximum absolute atomic E-state index is 2.43. The summed E-state index contributed by atoms with van der Waals surface area (Å²) in [6.07, 6.45) is 0. The van der Waals surface area contributed by atoms with Crippen molar-refractivity contribution in [3.63, 3.8) is 0 Å². The van der Waals surface area contributed by atoms with Gasteiger partial charge in [-0.1, -0.05) is 194 Å². The van der Waals surface area contributed by atoms with Crippen LogP contribution in [0.25, 0.3) is 83.1 Å². The fraction of sp³-hybridized carbons (Fsp3) is 0. The van der Waals surface area contributed by atoms with Gasteiger partial charge in [0, 0.05) is 33.4 Å². The van der Waals surface area contributed by atoms with Gasteiger partial charge in [0.1, 0.15) is 0 Å². The number of para-hydroxylation sites is 3. The Kier molecular flexibility index (Phi) is 9.57. The van der Waals surface area contributed by atoms with Gasteiger partial charge in [-0.05, 0) is 111 Å². The van der Waals surface area contributed by atoms with Crippen LogP contribution in [-0.4, -0.2) is 4.57 Å². The van der Waals surface area contributed by atoms with Crippen LogP contribution in [0.15, 0.2) is 255 Å². The minimum atomic E-state index is 1.10. The van der Waals surface area contributed by atoms with Crippen LogP contribution in [0.1, 0.15) is 0 Å². The van der Waals surface area contributed by atoms with Gasteiger partial charge in [0.05, 0.1) is 16.7 Å². The van der Waals surface area contributed by atoms with Crippen molar-refractivity contribution in [2.45, 2.75) is 0 Å². The summed E-state index contributed by atoms with van der Waals surface area (Å²) < 4.78 is 2.43. The molecule has 0 atom stereocenters. The molecule has 10 aromatic carbocycles. The second kappa shape index (κ2) is 16.1. The highest BCUT2D eigenvalue weighted by Gasteiger charge is 2.17. The third-order valence-electron chi connectivity index (χ3n) is 12.0. The average molecular weight is 791 g/mol. The summed E-state index contributed by atoms with van der Waals surface area (Å²) in [5.74, 6) is 0. The molecule has 0 spiro atoms. The Labute approximate surface area is 362 Å². The SMILES string of the molecule is c1ccc(-c2ccc(-c3ccc(N(c4ccccc4)c4ccc(-c5ccc(-c6ccccc6-n6c7ccccc7c7cc(-c8ccccc8)ccc76)cc5)cc4)cc3)cc2)cc1. The van der Waals surface area contributed by atoms with Crippen molar-refractivity contribution in [3.05, 3.63) is 255 Å². The monoisotopic (exact) mass is 790 g/mol. The largest absolute Gasteiger partial charge is 0.311 e. The zero-order chi connectivity index (χ0) is 41.2. The summed E-state index contributed by atoms with van der Waals surface area (Å²) >= 11 is 0. The lowest BCUT2D eigenvalue weighted by molar-refractivity contribution is 1.18. The number of aromatic nitrogens is 1. The van der Waals surface area contributed by atoms with Crippen molar-refractivity contribution in [1.29, 1.82) is 0 Å². The molecular formula is C60H42N2. The maximum Gasteiger partial charge on any atom is 0.0541 e. The van der Waals surface area contributed by atoms with E-state index in [0.29, 0.717) is 0 Å². The predicted octanol–water partition coefficient (Wildman–Crippen LogP) is 16.6. The number of benzene rings is 10. The topological polar surface area (TPSA) is 8.17 Å². The molecule has 0 fully saturated rings. The van der Waals surface area contributed by atoms with Gasteiger partial charge in [-0.25, -0.2) is 0 Å². The minimum absolute atomic E-state index is 1.10. The highest BCUT2D eigenvalue weighted by molar-refractivity contribution is 6.11. The molecule has 0 radical (unpaired) electrons. The normalized spacial score (nSPS) is 11.2. The third kappa shape index (κ3) is 6.94. The van der Waals surface area contributed by atoms with E-state index in [-0.39, 0.29) is 0 Å². The summed E-state index contributed by atoms with van der Waals surface area (Å²) in [5.41, 5.74) is 18.9. The Bertz CT molecular complexity index is 3280. The first-order valence-corrected chi connectivity index (χ1v) is 21.3. The Morgan fingerprint density at radius 3 is 1.18 bits per heavy atom. The number of rotatable bonds is 9. The number of anilines is 3. The highest BCUT2D eigenvalue weighted by Crippen LogP contribution is 2.40. The van der Waals surface area contributed by atoms with Crippen molar-refractivity contribution in [2.24, 2.45) is 0 Å². The van der Waals surface area contributed by atoms with Gasteiger partial charge in [-0.15, -0.1) is 0 Å². The molecule has 0 aliphatic heterocycles. The van der Waals surface area contributed by atoms with Gasteiger partial charge < -0.3 is 9.47 Å². The summed E-state index contributed by atoms with van der Waals surface area (Å²) in [6.45, 7) is 0. The van der Waals surface area contributed by atoms with Gasteiger partial charge in [-0.2, -0.15) is 0 Å². The van der Waals surface area contributed by atoms with Gasteiger partial charge in [0.2, 0.25) is 0 Å². The lowest BCUT2D eigenvalue weighted by Gasteiger charge is -2.26. The molecule has 0 amide bonds. The summed E-state index contributed by atoms with van der Waals surface area (Å²) in [7, 11) is 0. The Morgan fingerprint density at radius 2 is 0.613 bits per heavy atom. The molecule has 0 saturated carbocycles. The Balaban J connectivity index is 0.883. The molecule has 1 aromatic heterocycles. The predicted molar refractivity (Wildman–Crippen MR) is 263 cm³/mol. The number of nitrogens with zero attached hydrogens (tertiary/aromatic N) is 2. The standard InChI is InChI=1S/C60H42N2/c1-4-14-43(15-5-1)45-24-26-46(27-25-45)48-32-37-53(38-33-48)61(52-18-8-3-9-19-52)54-39-34-49(35-40-54)47-28-30-50(31-29-47)55-20-10-12-22-58(55)62-59-23-13-11-21-56(59)57-42-51(36-41-60(57)62)44-16-6-2-7-17-44/h1-42H. The van der Waals surface area contributed by atoms with Crippen LogP contribution >= 0.6 is 0 Å². The van der Waals surface area contributed by atoms with E-state index >= 15 is 0 Å². The summed E-state index contributed by atoms with van der Waals surface area (Å²) in [4.78, 5) is 2.32. The first kappa shape index (κ1) is 36.8. The molecule has 1 heterocycles. The Hall–Kier alpha value is -8.20. The summed E-state index contributed by atoms with van der Waals surface area (Å²) in [6, 6.07) is 91.8. The molecule has 0 aliphatic rings. The number of hydrogen-bond donors (Lipinski definition) is 0. The van der Waals surface area contributed by atoms with Gasteiger partial charge in [-0.3, -0.25) is 0 Å². The fourth-order valence-electron chi connectivity index (χ4n) is 8.91. The Morgan fingerprint density at radius 1 is 0.242 bits per heavy atom. The van der Waals surface area contributed by atoms with Gasteiger partial charge in [0.25, 0.3) is 0 Å². The molecule has 292 valence electrons. The summed E-state index contributed by atoms with van der Waals surface area (Å²) in [5, 5.41) is 2.50. The van der Waals surface area contributed by atoms with Crippen LogP contribution in [0.5, 0.6) is 0 Å². The van der Waals surface area contributed by atoms with Crippen molar-refractivity contribution >= 4 is 38.9 Å². The zero-order valence-corrected chi connectivity index (χ0v) is 34.1. The van der Waals surface area contributed by atoms with Crippen LogP contribution in [0.4, 0.5) is 17.1 Å². The maximum atomic E-state index is 2.43. The van der Waals surface area contributed by atoms with Crippen LogP contribution in [0.3, 0.4) is 0 Å². The van der Waals surface area contributed by atoms with E-state index in [1.54, 1.807) is 0 Å². The molecule has 0 aliphatic carbocycles. The number of fused-ring (bicyclic) bond motifs is 3.